The lowest BCUT2D eigenvalue weighted by molar-refractivity contribution is 0.102. The Balaban J connectivity index is 1.43. The van der Waals surface area contributed by atoms with E-state index in [1.54, 1.807) is 41.2 Å². The first-order valence-corrected chi connectivity index (χ1v) is 11.3. The fourth-order valence-electron chi connectivity index (χ4n) is 3.14. The molecule has 0 spiro atoms. The van der Waals surface area contributed by atoms with Crippen LogP contribution >= 0.6 is 46.4 Å². The summed E-state index contributed by atoms with van der Waals surface area (Å²) in [7, 11) is 0. The molecular formula is C24H17Cl4N3O2. The number of hydrogen-bond acceptors (Lipinski definition) is 3. The highest BCUT2D eigenvalue weighted by Gasteiger charge is 2.14. The molecule has 0 saturated carbocycles. The molecule has 4 aromatic rings. The van der Waals surface area contributed by atoms with Crippen molar-refractivity contribution in [2.75, 3.05) is 5.32 Å². The summed E-state index contributed by atoms with van der Waals surface area (Å²) in [6.45, 7) is 0.702. The third-order valence-corrected chi connectivity index (χ3v) is 5.73. The van der Waals surface area contributed by atoms with Crippen molar-refractivity contribution in [3.8, 4) is 5.75 Å². The normalized spacial score (nSPS) is 10.8. The smallest absolute Gasteiger partial charge is 0.256 e. The first-order chi connectivity index (χ1) is 15.9. The maximum Gasteiger partial charge on any atom is 0.256 e. The fraction of sp³-hybridized carbons (Fsp3) is 0.0833. The monoisotopic (exact) mass is 519 g/mol. The van der Waals surface area contributed by atoms with Crippen LogP contribution in [0.2, 0.25) is 20.1 Å². The van der Waals surface area contributed by atoms with Gasteiger partial charge < -0.3 is 10.1 Å². The number of carbonyl (C=O) groups is 1. The SMILES string of the molecule is O=C(Nc1nn(Cc2ccccc2)cc1Cl)c1cccc(COc2c(Cl)cc(Cl)cc2Cl)c1. The van der Waals surface area contributed by atoms with E-state index in [-0.39, 0.29) is 12.5 Å². The lowest BCUT2D eigenvalue weighted by atomic mass is 10.1. The van der Waals surface area contributed by atoms with Crippen LogP contribution in [-0.2, 0) is 13.2 Å². The van der Waals surface area contributed by atoms with Crippen LogP contribution in [0.3, 0.4) is 0 Å². The van der Waals surface area contributed by atoms with Crippen molar-refractivity contribution in [2.45, 2.75) is 13.2 Å². The van der Waals surface area contributed by atoms with E-state index in [1.165, 1.54) is 0 Å². The molecule has 33 heavy (non-hydrogen) atoms. The van der Waals surface area contributed by atoms with Crippen LogP contribution in [-0.4, -0.2) is 15.7 Å². The molecule has 0 saturated heterocycles. The highest BCUT2D eigenvalue weighted by Crippen LogP contribution is 2.36. The number of carbonyl (C=O) groups excluding carboxylic acids is 1. The fourth-order valence-corrected chi connectivity index (χ4v) is 4.26. The summed E-state index contributed by atoms with van der Waals surface area (Å²) < 4.78 is 7.43. The Morgan fingerprint density at radius 3 is 2.30 bits per heavy atom. The van der Waals surface area contributed by atoms with Crippen molar-refractivity contribution >= 4 is 58.1 Å². The number of hydrogen-bond donors (Lipinski definition) is 1. The van der Waals surface area contributed by atoms with Crippen LogP contribution in [0.15, 0.2) is 72.9 Å². The number of halogens is 4. The molecule has 0 aliphatic rings. The summed E-state index contributed by atoms with van der Waals surface area (Å²) in [5.41, 5.74) is 2.26. The summed E-state index contributed by atoms with van der Waals surface area (Å²) >= 11 is 24.5. The lowest BCUT2D eigenvalue weighted by Gasteiger charge is -2.11. The third-order valence-electron chi connectivity index (χ3n) is 4.67. The van der Waals surface area contributed by atoms with Gasteiger partial charge >= 0.3 is 0 Å². The van der Waals surface area contributed by atoms with E-state index in [0.29, 0.717) is 43.8 Å². The van der Waals surface area contributed by atoms with Gasteiger partial charge in [-0.2, -0.15) is 5.10 Å². The van der Waals surface area contributed by atoms with E-state index in [9.17, 15) is 4.79 Å². The molecular weight excluding hydrogens is 504 g/mol. The van der Waals surface area contributed by atoms with E-state index < -0.39 is 0 Å². The predicted octanol–water partition coefficient (Wildman–Crippen LogP) is 7.38. The van der Waals surface area contributed by atoms with E-state index >= 15 is 0 Å². The highest BCUT2D eigenvalue weighted by atomic mass is 35.5. The predicted molar refractivity (Wildman–Crippen MR) is 133 cm³/mol. The zero-order chi connectivity index (χ0) is 23.4. The molecule has 0 radical (unpaired) electrons. The Labute approximate surface area is 210 Å². The number of rotatable bonds is 7. The Kier molecular flexibility index (Phi) is 7.46. The van der Waals surface area contributed by atoms with Crippen molar-refractivity contribution < 1.29 is 9.53 Å². The van der Waals surface area contributed by atoms with Crippen LogP contribution in [0.1, 0.15) is 21.5 Å². The quantitative estimate of drug-likeness (QED) is 0.276. The van der Waals surface area contributed by atoms with E-state index in [0.717, 1.165) is 11.1 Å². The minimum Gasteiger partial charge on any atom is -0.486 e. The Morgan fingerprint density at radius 2 is 1.58 bits per heavy atom. The average Bonchev–Trinajstić information content (AvgIpc) is 3.12. The molecule has 4 rings (SSSR count). The van der Waals surface area contributed by atoms with Gasteiger partial charge in [0.1, 0.15) is 11.6 Å². The molecule has 0 unspecified atom stereocenters. The second kappa shape index (κ2) is 10.5. The Morgan fingerprint density at radius 1 is 0.879 bits per heavy atom. The summed E-state index contributed by atoms with van der Waals surface area (Å²) in [6.07, 6.45) is 1.67. The van der Waals surface area contributed by atoms with Gasteiger partial charge in [0.05, 0.1) is 16.6 Å². The largest absolute Gasteiger partial charge is 0.486 e. The molecule has 1 heterocycles. The molecule has 0 bridgehead atoms. The molecule has 1 amide bonds. The van der Waals surface area contributed by atoms with Gasteiger partial charge in [-0.05, 0) is 35.4 Å². The van der Waals surface area contributed by atoms with Crippen molar-refractivity contribution in [3.05, 3.63) is 110 Å². The zero-order valence-corrected chi connectivity index (χ0v) is 20.1. The molecule has 1 N–H and O–H groups in total. The van der Waals surface area contributed by atoms with Gasteiger partial charge in [-0.3, -0.25) is 9.48 Å². The number of nitrogens with zero attached hydrogens (tertiary/aromatic N) is 2. The first-order valence-electron chi connectivity index (χ1n) is 9.83. The summed E-state index contributed by atoms with van der Waals surface area (Å²) in [6, 6.07) is 19.9. The number of nitrogens with one attached hydrogen (secondary N) is 1. The Hall–Kier alpha value is -2.70. The van der Waals surface area contributed by atoms with Crippen LogP contribution in [0.5, 0.6) is 5.75 Å². The van der Waals surface area contributed by atoms with Gasteiger partial charge in [0.2, 0.25) is 0 Å². The summed E-state index contributed by atoms with van der Waals surface area (Å²) in [5, 5.41) is 8.53. The molecule has 0 atom stereocenters. The van der Waals surface area contributed by atoms with Crippen molar-refractivity contribution in [2.24, 2.45) is 0 Å². The second-order valence-electron chi connectivity index (χ2n) is 7.15. The molecule has 9 heteroatoms. The third kappa shape index (κ3) is 6.01. The van der Waals surface area contributed by atoms with Crippen molar-refractivity contribution in [1.82, 2.24) is 9.78 Å². The second-order valence-corrected chi connectivity index (χ2v) is 8.81. The lowest BCUT2D eigenvalue weighted by Crippen LogP contribution is -2.13. The van der Waals surface area contributed by atoms with E-state index in [2.05, 4.69) is 10.4 Å². The average molecular weight is 521 g/mol. The van der Waals surface area contributed by atoms with E-state index in [1.807, 2.05) is 36.4 Å². The maximum absolute atomic E-state index is 12.8. The van der Waals surface area contributed by atoms with Crippen LogP contribution in [0.25, 0.3) is 0 Å². The number of aromatic nitrogens is 2. The first kappa shape index (κ1) is 23.5. The van der Waals surface area contributed by atoms with Gasteiger partial charge in [-0.25, -0.2) is 0 Å². The van der Waals surface area contributed by atoms with Gasteiger partial charge in [0, 0.05) is 16.8 Å². The molecule has 1 aromatic heterocycles. The van der Waals surface area contributed by atoms with Crippen LogP contribution < -0.4 is 10.1 Å². The minimum atomic E-state index is -0.341. The maximum atomic E-state index is 12.8. The highest BCUT2D eigenvalue weighted by molar-refractivity contribution is 6.40. The minimum absolute atomic E-state index is 0.161. The summed E-state index contributed by atoms with van der Waals surface area (Å²) in [5.74, 6) is 0.276. The molecule has 5 nitrogen and oxygen atoms in total. The number of amides is 1. The number of benzene rings is 3. The topological polar surface area (TPSA) is 56.2 Å². The zero-order valence-electron chi connectivity index (χ0n) is 17.1. The molecule has 3 aromatic carbocycles. The van der Waals surface area contributed by atoms with Crippen molar-refractivity contribution in [1.29, 1.82) is 0 Å². The summed E-state index contributed by atoms with van der Waals surface area (Å²) in [4.78, 5) is 12.8. The number of ether oxygens (including phenoxy) is 1. The molecule has 0 aliphatic heterocycles. The van der Waals surface area contributed by atoms with Crippen molar-refractivity contribution in [3.63, 3.8) is 0 Å². The standard InChI is InChI=1S/C24H17Cl4N3O2/c25-18-10-19(26)22(20(27)11-18)33-14-16-7-4-8-17(9-16)24(32)29-23-21(28)13-31(30-23)12-15-5-2-1-3-6-15/h1-11,13H,12,14H2,(H,29,30,32). The number of anilines is 1. The molecule has 0 aliphatic carbocycles. The van der Waals surface area contributed by atoms with E-state index in [4.69, 9.17) is 51.1 Å². The van der Waals surface area contributed by atoms with Crippen LogP contribution in [0, 0.1) is 0 Å². The Bertz CT molecular complexity index is 1270. The van der Waals surface area contributed by atoms with Gasteiger partial charge in [-0.15, -0.1) is 0 Å². The van der Waals surface area contributed by atoms with Gasteiger partial charge in [0.25, 0.3) is 5.91 Å². The van der Waals surface area contributed by atoms with Crippen LogP contribution in [0.4, 0.5) is 5.82 Å². The van der Waals surface area contributed by atoms with Gasteiger partial charge in [0.15, 0.2) is 11.6 Å². The molecule has 168 valence electrons. The van der Waals surface area contributed by atoms with Gasteiger partial charge in [-0.1, -0.05) is 88.9 Å². The molecule has 0 fully saturated rings.